The van der Waals surface area contributed by atoms with Crippen molar-refractivity contribution in [1.82, 2.24) is 29.4 Å². The maximum Gasteiger partial charge on any atom is 0.280 e. The van der Waals surface area contributed by atoms with Crippen LogP contribution >= 0.6 is 23.2 Å². The molecule has 0 aliphatic rings. The van der Waals surface area contributed by atoms with E-state index in [9.17, 15) is 18.0 Å². The zero-order valence-electron chi connectivity index (χ0n) is 18.0. The number of hydrogen-bond donors (Lipinski definition) is 1. The SMILES string of the molecule is O=C(Nc1ncn(Cc2ccc(Cl)c(Cl)c2)n1)c1cnn2c(C(F)F)cc(-c3ccc(F)cc3)nc12. The molecule has 0 unspecified atom stereocenters. The van der Waals surface area contributed by atoms with Crippen molar-refractivity contribution in [2.75, 3.05) is 5.32 Å². The minimum atomic E-state index is -2.90. The Labute approximate surface area is 211 Å². The fraction of sp³-hybridized carbons (Fsp3) is 0.0870. The first kappa shape index (κ1) is 23.8. The molecule has 0 bridgehead atoms. The highest BCUT2D eigenvalue weighted by molar-refractivity contribution is 6.42. The van der Waals surface area contributed by atoms with Crippen molar-refractivity contribution >= 4 is 40.7 Å². The number of aromatic nitrogens is 6. The highest BCUT2D eigenvalue weighted by Crippen LogP contribution is 2.27. The third kappa shape index (κ3) is 4.75. The van der Waals surface area contributed by atoms with Crippen LogP contribution in [0.1, 0.15) is 28.0 Å². The van der Waals surface area contributed by atoms with Crippen molar-refractivity contribution in [1.29, 1.82) is 0 Å². The van der Waals surface area contributed by atoms with E-state index in [-0.39, 0.29) is 22.9 Å². The standard InChI is InChI=1S/C23H14Cl2F3N7O/c24-16-6-1-12(7-17(16)25)10-34-11-29-23(33-34)32-22(36)15-9-30-35-19(20(27)28)8-18(31-21(15)35)13-2-4-14(26)5-3-13/h1-9,11,20H,10H2,(H,32,33,36). The van der Waals surface area contributed by atoms with E-state index in [2.05, 4.69) is 25.5 Å². The van der Waals surface area contributed by atoms with E-state index < -0.39 is 23.8 Å². The summed E-state index contributed by atoms with van der Waals surface area (Å²) in [5.41, 5.74) is 0.711. The van der Waals surface area contributed by atoms with Gasteiger partial charge in [-0.25, -0.2) is 32.3 Å². The second-order valence-electron chi connectivity index (χ2n) is 7.64. The number of alkyl halides is 2. The molecule has 0 aliphatic carbocycles. The first-order valence-corrected chi connectivity index (χ1v) is 11.1. The Morgan fingerprint density at radius 3 is 2.56 bits per heavy atom. The molecule has 0 fully saturated rings. The van der Waals surface area contributed by atoms with Gasteiger partial charge in [-0.05, 0) is 48.0 Å². The van der Waals surface area contributed by atoms with Crippen molar-refractivity contribution in [3.8, 4) is 11.3 Å². The van der Waals surface area contributed by atoms with Gasteiger partial charge in [-0.15, -0.1) is 5.10 Å². The average molecular weight is 532 g/mol. The second kappa shape index (κ2) is 9.59. The van der Waals surface area contributed by atoms with Crippen LogP contribution in [0, 0.1) is 5.82 Å². The quantitative estimate of drug-likeness (QED) is 0.304. The van der Waals surface area contributed by atoms with Gasteiger partial charge in [0.25, 0.3) is 12.3 Å². The molecule has 5 aromatic rings. The molecule has 13 heteroatoms. The smallest absolute Gasteiger partial charge is 0.280 e. The van der Waals surface area contributed by atoms with E-state index in [1.54, 1.807) is 18.2 Å². The van der Waals surface area contributed by atoms with Gasteiger partial charge in [-0.1, -0.05) is 29.3 Å². The van der Waals surface area contributed by atoms with Gasteiger partial charge in [0, 0.05) is 5.56 Å². The molecule has 8 nitrogen and oxygen atoms in total. The van der Waals surface area contributed by atoms with E-state index in [0.717, 1.165) is 22.3 Å². The lowest BCUT2D eigenvalue weighted by atomic mass is 10.1. The van der Waals surface area contributed by atoms with Crippen LogP contribution in [0.25, 0.3) is 16.9 Å². The summed E-state index contributed by atoms with van der Waals surface area (Å²) in [4.78, 5) is 21.3. The fourth-order valence-corrected chi connectivity index (χ4v) is 3.81. The molecule has 1 N–H and O–H groups in total. The van der Waals surface area contributed by atoms with E-state index in [1.165, 1.54) is 35.3 Å². The van der Waals surface area contributed by atoms with Crippen molar-refractivity contribution in [3.63, 3.8) is 0 Å². The molecule has 0 atom stereocenters. The maximum absolute atomic E-state index is 13.8. The summed E-state index contributed by atoms with van der Waals surface area (Å²) < 4.78 is 43.2. The largest absolute Gasteiger partial charge is 0.289 e. The minimum Gasteiger partial charge on any atom is -0.289 e. The number of carbonyl (C=O) groups excluding carboxylic acids is 1. The van der Waals surface area contributed by atoms with Gasteiger partial charge in [0.05, 0.1) is 28.5 Å². The van der Waals surface area contributed by atoms with Crippen molar-refractivity contribution < 1.29 is 18.0 Å². The predicted molar refractivity (Wildman–Crippen MR) is 127 cm³/mol. The molecular formula is C23H14Cl2F3N7O. The Morgan fingerprint density at radius 2 is 1.83 bits per heavy atom. The Hall–Kier alpha value is -3.96. The molecule has 182 valence electrons. The number of rotatable bonds is 6. The fourth-order valence-electron chi connectivity index (χ4n) is 3.49. The summed E-state index contributed by atoms with van der Waals surface area (Å²) in [6, 6.07) is 11.5. The summed E-state index contributed by atoms with van der Waals surface area (Å²) in [6.07, 6.45) is -0.358. The molecule has 1 amide bonds. The molecule has 5 rings (SSSR count). The lowest BCUT2D eigenvalue weighted by Gasteiger charge is -2.08. The first-order valence-electron chi connectivity index (χ1n) is 10.4. The van der Waals surface area contributed by atoms with E-state index in [0.29, 0.717) is 22.2 Å². The van der Waals surface area contributed by atoms with Gasteiger partial charge in [-0.3, -0.25) is 10.1 Å². The summed E-state index contributed by atoms with van der Waals surface area (Å²) in [7, 11) is 0. The van der Waals surface area contributed by atoms with E-state index in [1.807, 2.05) is 0 Å². The number of carbonyl (C=O) groups is 1. The van der Waals surface area contributed by atoms with E-state index in [4.69, 9.17) is 23.2 Å². The Balaban J connectivity index is 1.42. The predicted octanol–water partition coefficient (Wildman–Crippen LogP) is 5.67. The zero-order chi connectivity index (χ0) is 25.4. The molecule has 0 aliphatic heterocycles. The Morgan fingerprint density at radius 1 is 1.06 bits per heavy atom. The van der Waals surface area contributed by atoms with Crippen LogP contribution in [0.15, 0.2) is 61.1 Å². The number of amides is 1. The molecule has 3 aromatic heterocycles. The van der Waals surface area contributed by atoms with Crippen LogP contribution in [0.3, 0.4) is 0 Å². The number of benzene rings is 2. The van der Waals surface area contributed by atoms with Crippen molar-refractivity contribution in [3.05, 3.63) is 93.7 Å². The number of halogens is 5. The topological polar surface area (TPSA) is 90.0 Å². The molecule has 3 heterocycles. The van der Waals surface area contributed by atoms with Crippen LogP contribution in [0.2, 0.25) is 10.0 Å². The molecule has 36 heavy (non-hydrogen) atoms. The number of nitrogens with zero attached hydrogens (tertiary/aromatic N) is 6. The lowest BCUT2D eigenvalue weighted by molar-refractivity contribution is 0.102. The lowest BCUT2D eigenvalue weighted by Crippen LogP contribution is -2.14. The highest BCUT2D eigenvalue weighted by atomic mass is 35.5. The average Bonchev–Trinajstić information content (AvgIpc) is 3.48. The maximum atomic E-state index is 13.8. The van der Waals surface area contributed by atoms with Crippen LogP contribution in [-0.4, -0.2) is 35.3 Å². The van der Waals surface area contributed by atoms with Crippen molar-refractivity contribution in [2.45, 2.75) is 13.0 Å². The highest BCUT2D eigenvalue weighted by Gasteiger charge is 2.22. The number of fused-ring (bicyclic) bond motifs is 1. The third-order valence-corrected chi connectivity index (χ3v) is 5.94. The van der Waals surface area contributed by atoms with Gasteiger partial charge < -0.3 is 0 Å². The molecule has 0 saturated heterocycles. The third-order valence-electron chi connectivity index (χ3n) is 5.20. The number of hydrogen-bond acceptors (Lipinski definition) is 5. The van der Waals surface area contributed by atoms with Gasteiger partial charge in [-0.2, -0.15) is 5.10 Å². The molecular weight excluding hydrogens is 518 g/mol. The second-order valence-corrected chi connectivity index (χ2v) is 8.45. The summed E-state index contributed by atoms with van der Waals surface area (Å²) in [5, 5.41) is 11.4. The minimum absolute atomic E-state index is 0.0109. The van der Waals surface area contributed by atoms with Crippen molar-refractivity contribution in [2.24, 2.45) is 0 Å². The molecule has 0 spiro atoms. The van der Waals surface area contributed by atoms with Crippen LogP contribution in [-0.2, 0) is 6.54 Å². The molecule has 0 saturated carbocycles. The first-order chi connectivity index (χ1) is 17.3. The van der Waals surface area contributed by atoms with Crippen LogP contribution < -0.4 is 5.32 Å². The number of nitrogens with one attached hydrogen (secondary N) is 1. The summed E-state index contributed by atoms with van der Waals surface area (Å²) >= 11 is 12.0. The van der Waals surface area contributed by atoms with E-state index >= 15 is 0 Å². The molecule has 2 aromatic carbocycles. The van der Waals surface area contributed by atoms with Gasteiger partial charge in [0.15, 0.2) is 5.65 Å². The monoisotopic (exact) mass is 531 g/mol. The van der Waals surface area contributed by atoms with Crippen LogP contribution in [0.4, 0.5) is 19.1 Å². The van der Waals surface area contributed by atoms with Gasteiger partial charge >= 0.3 is 0 Å². The normalized spacial score (nSPS) is 11.4. The van der Waals surface area contributed by atoms with Gasteiger partial charge in [0.2, 0.25) is 5.95 Å². The zero-order valence-corrected chi connectivity index (χ0v) is 19.6. The number of anilines is 1. The van der Waals surface area contributed by atoms with Crippen LogP contribution in [0.5, 0.6) is 0 Å². The Kier molecular flexibility index (Phi) is 6.33. The summed E-state index contributed by atoms with van der Waals surface area (Å²) in [5.74, 6) is -1.19. The Bertz CT molecular complexity index is 1580. The molecule has 0 radical (unpaired) electrons. The summed E-state index contributed by atoms with van der Waals surface area (Å²) in [6.45, 7) is 0.316. The van der Waals surface area contributed by atoms with Gasteiger partial charge in [0.1, 0.15) is 23.4 Å².